The highest BCUT2D eigenvalue weighted by Crippen LogP contribution is 2.42. The van der Waals surface area contributed by atoms with Crippen molar-refractivity contribution >= 4 is 0 Å². The summed E-state index contributed by atoms with van der Waals surface area (Å²) in [6.45, 7) is 4.46. The van der Waals surface area contributed by atoms with Crippen LogP contribution in [0.4, 0.5) is 0 Å². The van der Waals surface area contributed by atoms with Crippen molar-refractivity contribution < 1.29 is 0 Å². The van der Waals surface area contributed by atoms with Crippen LogP contribution in [-0.2, 0) is 5.41 Å². The molecule has 0 N–H and O–H groups in total. The van der Waals surface area contributed by atoms with Crippen LogP contribution in [0.15, 0.2) is 29.4 Å². The molecule has 1 aliphatic rings. The van der Waals surface area contributed by atoms with E-state index in [1.807, 2.05) is 18.2 Å². The normalized spacial score (nSPS) is 24.0. The van der Waals surface area contributed by atoms with Crippen molar-refractivity contribution in [3.8, 4) is 0 Å². The third-order valence-electron chi connectivity index (χ3n) is 3.22. The Morgan fingerprint density at radius 3 is 2.79 bits per heavy atom. The topological polar surface area (TPSA) is 29.4 Å². The summed E-state index contributed by atoms with van der Waals surface area (Å²) < 4.78 is 0. The number of rotatable bonds is 1. The Morgan fingerprint density at radius 1 is 1.36 bits per heavy atom. The number of fused-ring (bicyclic) bond motifs is 1. The smallest absolute Gasteiger partial charge is 0.117 e. The van der Waals surface area contributed by atoms with Crippen molar-refractivity contribution in [1.29, 1.82) is 0 Å². The monoisotopic (exact) mass is 189 g/mol. The number of hydrogen-bond acceptors (Lipinski definition) is 2. The Morgan fingerprint density at radius 2 is 2.07 bits per heavy atom. The van der Waals surface area contributed by atoms with Crippen LogP contribution in [0, 0.1) is 4.91 Å². The second kappa shape index (κ2) is 3.19. The van der Waals surface area contributed by atoms with Crippen LogP contribution < -0.4 is 0 Å². The number of nitroso groups, excluding NO2 is 1. The summed E-state index contributed by atoms with van der Waals surface area (Å²) in [4.78, 5) is 10.7. The maximum atomic E-state index is 10.7. The minimum absolute atomic E-state index is 0.126. The molecular weight excluding hydrogens is 174 g/mol. The van der Waals surface area contributed by atoms with Crippen LogP contribution in [0.25, 0.3) is 0 Å². The van der Waals surface area contributed by atoms with Gasteiger partial charge in [-0.1, -0.05) is 43.3 Å². The lowest BCUT2D eigenvalue weighted by Crippen LogP contribution is -2.25. The molecule has 2 nitrogen and oxygen atoms in total. The zero-order chi connectivity index (χ0) is 10.2. The lowest BCUT2D eigenvalue weighted by Gasteiger charge is -2.34. The predicted molar refractivity (Wildman–Crippen MR) is 57.2 cm³/mol. The molecule has 0 spiro atoms. The Hall–Kier alpha value is -1.18. The highest BCUT2D eigenvalue weighted by Gasteiger charge is 2.32. The molecule has 0 bridgehead atoms. The van der Waals surface area contributed by atoms with E-state index < -0.39 is 0 Å². The maximum absolute atomic E-state index is 10.7. The fraction of sp³-hybridized carbons (Fsp3) is 0.500. The average Bonchev–Trinajstić information content (AvgIpc) is 2.18. The lowest BCUT2D eigenvalue weighted by atomic mass is 9.71. The van der Waals surface area contributed by atoms with Gasteiger partial charge in [-0.3, -0.25) is 0 Å². The Balaban J connectivity index is 2.54. The van der Waals surface area contributed by atoms with E-state index in [1.165, 1.54) is 5.56 Å². The van der Waals surface area contributed by atoms with Gasteiger partial charge >= 0.3 is 0 Å². The van der Waals surface area contributed by atoms with Crippen molar-refractivity contribution in [2.75, 3.05) is 0 Å². The molecule has 1 unspecified atom stereocenters. The van der Waals surface area contributed by atoms with Crippen LogP contribution in [0.1, 0.15) is 43.9 Å². The lowest BCUT2D eigenvalue weighted by molar-refractivity contribution is 0.396. The second-order valence-electron chi connectivity index (χ2n) is 4.63. The van der Waals surface area contributed by atoms with Gasteiger partial charge in [-0.25, -0.2) is 0 Å². The van der Waals surface area contributed by atoms with Crippen LogP contribution in [-0.4, -0.2) is 0 Å². The average molecular weight is 189 g/mol. The van der Waals surface area contributed by atoms with Gasteiger partial charge in [0.25, 0.3) is 0 Å². The van der Waals surface area contributed by atoms with Gasteiger partial charge in [-0.2, -0.15) is 4.91 Å². The predicted octanol–water partition coefficient (Wildman–Crippen LogP) is 3.57. The Labute approximate surface area is 84.3 Å². The van der Waals surface area contributed by atoms with Gasteiger partial charge in [-0.15, -0.1) is 0 Å². The van der Waals surface area contributed by atoms with Crippen LogP contribution >= 0.6 is 0 Å². The molecule has 0 fully saturated rings. The summed E-state index contributed by atoms with van der Waals surface area (Å²) in [5.41, 5.74) is 2.60. The van der Waals surface area contributed by atoms with E-state index in [1.54, 1.807) is 0 Å². The molecule has 1 atom stereocenters. The molecule has 1 aromatic rings. The molecule has 74 valence electrons. The number of hydrogen-bond donors (Lipinski definition) is 0. The molecule has 0 aromatic heterocycles. The van der Waals surface area contributed by atoms with Gasteiger partial charge in [0.15, 0.2) is 0 Å². The molecule has 14 heavy (non-hydrogen) atoms. The quantitative estimate of drug-likeness (QED) is 0.621. The molecule has 0 heterocycles. The number of nitrogens with zero attached hydrogens (tertiary/aromatic N) is 1. The van der Waals surface area contributed by atoms with Crippen LogP contribution in [0.3, 0.4) is 0 Å². The number of benzene rings is 1. The van der Waals surface area contributed by atoms with Gasteiger partial charge in [0, 0.05) is 0 Å². The van der Waals surface area contributed by atoms with E-state index in [0.717, 1.165) is 18.4 Å². The highest BCUT2D eigenvalue weighted by molar-refractivity contribution is 5.38. The Kier molecular flexibility index (Phi) is 2.14. The summed E-state index contributed by atoms with van der Waals surface area (Å²) in [5.74, 6) is 0. The van der Waals surface area contributed by atoms with Crippen LogP contribution in [0.5, 0.6) is 0 Å². The maximum Gasteiger partial charge on any atom is 0.117 e. The van der Waals surface area contributed by atoms with E-state index in [9.17, 15) is 4.91 Å². The zero-order valence-electron chi connectivity index (χ0n) is 8.66. The first kappa shape index (κ1) is 9.38. The minimum atomic E-state index is -0.126. The van der Waals surface area contributed by atoms with Crippen molar-refractivity contribution in [2.45, 2.75) is 38.1 Å². The van der Waals surface area contributed by atoms with Crippen molar-refractivity contribution in [2.24, 2.45) is 5.18 Å². The summed E-state index contributed by atoms with van der Waals surface area (Å²) >= 11 is 0. The van der Waals surface area contributed by atoms with Gasteiger partial charge in [0.2, 0.25) is 0 Å². The Bertz CT molecular complexity index is 357. The fourth-order valence-electron chi connectivity index (χ4n) is 2.30. The first-order valence-corrected chi connectivity index (χ1v) is 5.07. The van der Waals surface area contributed by atoms with Gasteiger partial charge in [-0.05, 0) is 29.4 Å². The van der Waals surface area contributed by atoms with Crippen LogP contribution in [0.2, 0.25) is 0 Å². The van der Waals surface area contributed by atoms with Gasteiger partial charge < -0.3 is 0 Å². The van der Waals surface area contributed by atoms with E-state index >= 15 is 0 Å². The molecule has 0 saturated heterocycles. The minimum Gasteiger partial charge on any atom is -0.150 e. The molecule has 0 radical (unpaired) electrons. The molecule has 1 aliphatic carbocycles. The van der Waals surface area contributed by atoms with E-state index in [4.69, 9.17) is 0 Å². The summed E-state index contributed by atoms with van der Waals surface area (Å²) in [7, 11) is 0. The van der Waals surface area contributed by atoms with Gasteiger partial charge in [0.1, 0.15) is 6.04 Å². The van der Waals surface area contributed by atoms with E-state index in [-0.39, 0.29) is 11.5 Å². The molecule has 0 aliphatic heterocycles. The third kappa shape index (κ3) is 1.35. The largest absolute Gasteiger partial charge is 0.150 e. The summed E-state index contributed by atoms with van der Waals surface area (Å²) in [5, 5.41) is 3.20. The molecule has 1 aromatic carbocycles. The highest BCUT2D eigenvalue weighted by atomic mass is 16.3. The second-order valence-corrected chi connectivity index (χ2v) is 4.63. The van der Waals surface area contributed by atoms with Crippen molar-refractivity contribution in [3.63, 3.8) is 0 Å². The summed E-state index contributed by atoms with van der Waals surface area (Å²) in [6.07, 6.45) is 1.92. The first-order chi connectivity index (χ1) is 6.65. The standard InChI is InChI=1S/C12H15NO/c1-12(2)8-7-11(13-14)9-5-3-4-6-10(9)12/h3-6,11H,7-8H2,1-2H3. The molecule has 0 saturated carbocycles. The zero-order valence-corrected chi connectivity index (χ0v) is 8.66. The van der Waals surface area contributed by atoms with Gasteiger partial charge in [0.05, 0.1) is 0 Å². The summed E-state index contributed by atoms with van der Waals surface area (Å²) in [6, 6.07) is 8.04. The third-order valence-corrected chi connectivity index (χ3v) is 3.22. The van der Waals surface area contributed by atoms with E-state index in [2.05, 4.69) is 25.1 Å². The fourth-order valence-corrected chi connectivity index (χ4v) is 2.30. The SMILES string of the molecule is CC1(C)CCC(N=O)c2ccccc21. The van der Waals surface area contributed by atoms with E-state index in [0.29, 0.717) is 0 Å². The molecular formula is C12H15NO. The molecule has 2 heteroatoms. The van der Waals surface area contributed by atoms with Crippen molar-refractivity contribution in [3.05, 3.63) is 40.3 Å². The molecule has 2 rings (SSSR count). The molecule has 0 amide bonds. The first-order valence-electron chi connectivity index (χ1n) is 5.07. The van der Waals surface area contributed by atoms with Crippen molar-refractivity contribution in [1.82, 2.24) is 0 Å².